The maximum atomic E-state index is 12.8. The first kappa shape index (κ1) is 17.7. The minimum atomic E-state index is -4.67. The monoisotopic (exact) mass is 397 g/mol. The topological polar surface area (TPSA) is 77.0 Å². The fourth-order valence-corrected chi connectivity index (χ4v) is 3.97. The molecule has 1 amide bonds. The first-order valence-corrected chi connectivity index (χ1v) is 8.95. The molecule has 3 aromatic heterocycles. The predicted octanol–water partition coefficient (Wildman–Crippen LogP) is 3.27. The van der Waals surface area contributed by atoms with Crippen molar-refractivity contribution >= 4 is 17.2 Å². The molecule has 7 nitrogen and oxygen atoms in total. The predicted molar refractivity (Wildman–Crippen MR) is 88.7 cm³/mol. The SMILES string of the molecule is Cc1nc(-n2cccc2)sc1C(=O)N1CCC(c2noc(C(F)(F)F)n2)C1. The molecule has 0 aliphatic carbocycles. The molecule has 0 spiro atoms. The number of thiazole rings is 1. The number of hydrogen-bond acceptors (Lipinski definition) is 6. The van der Waals surface area contributed by atoms with Gasteiger partial charge < -0.3 is 14.0 Å². The third kappa shape index (κ3) is 3.34. The summed E-state index contributed by atoms with van der Waals surface area (Å²) in [5, 5.41) is 4.11. The third-order valence-corrected chi connectivity index (χ3v) is 5.49. The van der Waals surface area contributed by atoms with E-state index >= 15 is 0 Å². The molecule has 142 valence electrons. The minimum Gasteiger partial charge on any atom is -0.337 e. The van der Waals surface area contributed by atoms with Crippen LogP contribution in [-0.2, 0) is 6.18 Å². The summed E-state index contributed by atoms with van der Waals surface area (Å²) in [6.45, 7) is 2.42. The molecule has 11 heteroatoms. The van der Waals surface area contributed by atoms with Gasteiger partial charge in [0.15, 0.2) is 11.0 Å². The number of alkyl halides is 3. The number of likely N-dealkylation sites (tertiary alicyclic amines) is 1. The van der Waals surface area contributed by atoms with Gasteiger partial charge in [0.25, 0.3) is 5.91 Å². The van der Waals surface area contributed by atoms with E-state index in [4.69, 9.17) is 0 Å². The minimum absolute atomic E-state index is 0.0216. The quantitative estimate of drug-likeness (QED) is 0.678. The molecule has 1 aliphatic heterocycles. The first-order valence-electron chi connectivity index (χ1n) is 8.14. The van der Waals surface area contributed by atoms with Crippen molar-refractivity contribution in [3.63, 3.8) is 0 Å². The van der Waals surface area contributed by atoms with Crippen molar-refractivity contribution in [2.24, 2.45) is 0 Å². The largest absolute Gasteiger partial charge is 0.471 e. The summed E-state index contributed by atoms with van der Waals surface area (Å²) in [6, 6.07) is 3.73. The molecule has 4 rings (SSSR count). The number of hydrogen-bond donors (Lipinski definition) is 0. The van der Waals surface area contributed by atoms with Crippen LogP contribution in [-0.4, -0.2) is 43.6 Å². The van der Waals surface area contributed by atoms with Crippen LogP contribution in [0.1, 0.15) is 39.4 Å². The summed E-state index contributed by atoms with van der Waals surface area (Å²) in [5.74, 6) is -1.96. The van der Waals surface area contributed by atoms with Gasteiger partial charge in [-0.2, -0.15) is 18.2 Å². The van der Waals surface area contributed by atoms with Crippen LogP contribution in [0.4, 0.5) is 13.2 Å². The molecule has 1 aliphatic rings. The van der Waals surface area contributed by atoms with Gasteiger partial charge in [0.05, 0.1) is 5.69 Å². The molecule has 0 N–H and O–H groups in total. The van der Waals surface area contributed by atoms with Crippen molar-refractivity contribution in [3.8, 4) is 5.13 Å². The van der Waals surface area contributed by atoms with Crippen LogP contribution in [0.25, 0.3) is 5.13 Å². The molecule has 1 saturated heterocycles. The van der Waals surface area contributed by atoms with Crippen molar-refractivity contribution in [1.82, 2.24) is 24.6 Å². The number of carbonyl (C=O) groups is 1. The molecule has 1 atom stereocenters. The highest BCUT2D eigenvalue weighted by molar-refractivity contribution is 7.16. The molecule has 27 heavy (non-hydrogen) atoms. The number of carbonyl (C=O) groups excluding carboxylic acids is 1. The van der Waals surface area contributed by atoms with Crippen molar-refractivity contribution in [2.75, 3.05) is 13.1 Å². The van der Waals surface area contributed by atoms with E-state index in [2.05, 4.69) is 19.6 Å². The van der Waals surface area contributed by atoms with Gasteiger partial charge >= 0.3 is 12.1 Å². The summed E-state index contributed by atoms with van der Waals surface area (Å²) in [5.41, 5.74) is 0.621. The van der Waals surface area contributed by atoms with Gasteiger partial charge in [0.2, 0.25) is 0 Å². The maximum Gasteiger partial charge on any atom is 0.471 e. The van der Waals surface area contributed by atoms with Crippen LogP contribution in [0, 0.1) is 6.92 Å². The number of aryl methyl sites for hydroxylation is 1. The van der Waals surface area contributed by atoms with Gasteiger partial charge in [-0.15, -0.1) is 0 Å². The Morgan fingerprint density at radius 2 is 2.04 bits per heavy atom. The average Bonchev–Trinajstić information content (AvgIpc) is 3.36. The molecule has 3 aromatic rings. The van der Waals surface area contributed by atoms with E-state index in [9.17, 15) is 18.0 Å². The molecule has 1 unspecified atom stereocenters. The molecule has 0 aromatic carbocycles. The molecular weight excluding hydrogens is 383 g/mol. The van der Waals surface area contributed by atoms with E-state index in [0.29, 0.717) is 28.7 Å². The van der Waals surface area contributed by atoms with E-state index in [1.165, 1.54) is 11.3 Å². The molecule has 4 heterocycles. The lowest BCUT2D eigenvalue weighted by atomic mass is 10.1. The van der Waals surface area contributed by atoms with Crippen LogP contribution >= 0.6 is 11.3 Å². The van der Waals surface area contributed by atoms with Crippen molar-refractivity contribution in [2.45, 2.75) is 25.4 Å². The molecule has 0 radical (unpaired) electrons. The number of amides is 1. The summed E-state index contributed by atoms with van der Waals surface area (Å²) in [7, 11) is 0. The Labute approximate surface area is 155 Å². The summed E-state index contributed by atoms with van der Waals surface area (Å²) in [4.78, 5) is 22.8. The standard InChI is InChI=1S/C16H14F3N5O2S/c1-9-11(27-15(20-9)23-5-2-3-6-23)13(25)24-7-4-10(8-24)12-21-14(26-22-12)16(17,18)19/h2-3,5-6,10H,4,7-8H2,1H3. The summed E-state index contributed by atoms with van der Waals surface area (Å²) >= 11 is 1.28. The van der Waals surface area contributed by atoms with Crippen LogP contribution in [0.2, 0.25) is 0 Å². The van der Waals surface area contributed by atoms with Crippen molar-refractivity contribution in [1.29, 1.82) is 0 Å². The number of nitrogens with zero attached hydrogens (tertiary/aromatic N) is 5. The van der Waals surface area contributed by atoms with Crippen LogP contribution < -0.4 is 0 Å². The summed E-state index contributed by atoms with van der Waals surface area (Å²) in [6.07, 6.45) is -0.515. The highest BCUT2D eigenvalue weighted by atomic mass is 32.1. The second-order valence-corrected chi connectivity index (χ2v) is 7.17. The normalized spacial score (nSPS) is 17.6. The average molecular weight is 397 g/mol. The molecular formula is C16H14F3N5O2S. The number of aromatic nitrogens is 4. The maximum absolute atomic E-state index is 12.8. The third-order valence-electron chi connectivity index (χ3n) is 4.33. The lowest BCUT2D eigenvalue weighted by Gasteiger charge is -2.14. The van der Waals surface area contributed by atoms with Crippen molar-refractivity contribution < 1.29 is 22.5 Å². The fraction of sp³-hybridized carbons (Fsp3) is 0.375. The Hall–Kier alpha value is -2.69. The van der Waals surface area contributed by atoms with Crippen LogP contribution in [0.3, 0.4) is 0 Å². The highest BCUT2D eigenvalue weighted by Gasteiger charge is 2.40. The zero-order valence-electron chi connectivity index (χ0n) is 14.1. The van der Waals surface area contributed by atoms with E-state index in [1.54, 1.807) is 11.8 Å². The Bertz CT molecular complexity index is 963. The zero-order chi connectivity index (χ0) is 19.2. The van der Waals surface area contributed by atoms with Crippen LogP contribution in [0.5, 0.6) is 0 Å². The fourth-order valence-electron chi connectivity index (χ4n) is 2.97. The zero-order valence-corrected chi connectivity index (χ0v) is 14.9. The van der Waals surface area contributed by atoms with Gasteiger partial charge in [0.1, 0.15) is 4.88 Å². The molecule has 1 fully saturated rings. The second-order valence-electron chi connectivity index (χ2n) is 6.19. The molecule has 0 saturated carbocycles. The number of rotatable bonds is 3. The van der Waals surface area contributed by atoms with Crippen molar-refractivity contribution in [3.05, 3.63) is 46.8 Å². The Morgan fingerprint density at radius 1 is 1.30 bits per heavy atom. The van der Waals surface area contributed by atoms with Gasteiger partial charge in [-0.05, 0) is 25.5 Å². The smallest absolute Gasteiger partial charge is 0.337 e. The Morgan fingerprint density at radius 3 is 2.70 bits per heavy atom. The molecule has 0 bridgehead atoms. The van der Waals surface area contributed by atoms with Gasteiger partial charge in [-0.25, -0.2) is 4.98 Å². The lowest BCUT2D eigenvalue weighted by Crippen LogP contribution is -2.28. The first-order chi connectivity index (χ1) is 12.8. The van der Waals surface area contributed by atoms with E-state index in [1.807, 2.05) is 29.1 Å². The Kier molecular flexibility index (Phi) is 4.25. The number of halogens is 3. The lowest BCUT2D eigenvalue weighted by molar-refractivity contribution is -0.159. The summed E-state index contributed by atoms with van der Waals surface area (Å²) < 4.78 is 43.9. The second kappa shape index (κ2) is 6.48. The van der Waals surface area contributed by atoms with Gasteiger partial charge in [-0.3, -0.25) is 4.79 Å². The van der Waals surface area contributed by atoms with E-state index in [-0.39, 0.29) is 24.2 Å². The Balaban J connectivity index is 1.49. The van der Waals surface area contributed by atoms with Gasteiger partial charge in [0, 0.05) is 31.4 Å². The highest BCUT2D eigenvalue weighted by Crippen LogP contribution is 2.32. The van der Waals surface area contributed by atoms with E-state index in [0.717, 1.165) is 0 Å². The van der Waals surface area contributed by atoms with Crippen LogP contribution in [0.15, 0.2) is 29.0 Å². The van der Waals surface area contributed by atoms with Gasteiger partial charge in [-0.1, -0.05) is 16.5 Å². The van der Waals surface area contributed by atoms with E-state index < -0.39 is 12.1 Å².